The van der Waals surface area contributed by atoms with E-state index < -0.39 is 0 Å². The number of anilines is 1. The molecule has 0 bridgehead atoms. The number of ether oxygens (including phenoxy) is 2. The molecule has 1 unspecified atom stereocenters. The summed E-state index contributed by atoms with van der Waals surface area (Å²) in [6.07, 6.45) is 4.85. The van der Waals surface area contributed by atoms with Crippen molar-refractivity contribution in [1.82, 2.24) is 29.8 Å². The number of amides is 2. The summed E-state index contributed by atoms with van der Waals surface area (Å²) >= 11 is 0. The first-order valence-electron chi connectivity index (χ1n) is 12.8. The maximum absolute atomic E-state index is 12.4. The van der Waals surface area contributed by atoms with E-state index in [9.17, 15) is 4.79 Å². The Morgan fingerprint density at radius 2 is 1.89 bits per heavy atom. The minimum Gasteiger partial charge on any atom is -0.492 e. The van der Waals surface area contributed by atoms with Crippen LogP contribution in [0.2, 0.25) is 0 Å². The van der Waals surface area contributed by atoms with Crippen LogP contribution in [0.25, 0.3) is 17.0 Å². The van der Waals surface area contributed by atoms with Gasteiger partial charge in [-0.05, 0) is 49.6 Å². The second kappa shape index (κ2) is 12.6. The fraction of sp³-hybridized carbons (Fsp3) is 0.538. The van der Waals surface area contributed by atoms with Crippen LogP contribution in [-0.4, -0.2) is 76.0 Å². The van der Waals surface area contributed by atoms with E-state index in [4.69, 9.17) is 9.47 Å². The van der Waals surface area contributed by atoms with Crippen LogP contribution in [-0.2, 0) is 4.74 Å². The van der Waals surface area contributed by atoms with Crippen molar-refractivity contribution in [1.29, 1.82) is 0 Å². The largest absolute Gasteiger partial charge is 0.492 e. The number of carbonyl (C=O) groups is 1. The Bertz CT molecular complexity index is 1110. The molecule has 0 aliphatic carbocycles. The van der Waals surface area contributed by atoms with Crippen LogP contribution < -0.4 is 15.4 Å². The molecule has 3 heterocycles. The monoisotopic (exact) mass is 495 g/mol. The Morgan fingerprint density at radius 1 is 1.11 bits per heavy atom. The molecule has 1 atom stereocenters. The van der Waals surface area contributed by atoms with Gasteiger partial charge >= 0.3 is 6.03 Å². The summed E-state index contributed by atoms with van der Waals surface area (Å²) in [4.78, 5) is 23.4. The molecule has 2 aromatic heterocycles. The molecule has 10 nitrogen and oxygen atoms in total. The van der Waals surface area contributed by atoms with Gasteiger partial charge < -0.3 is 14.8 Å². The third-order valence-electron chi connectivity index (χ3n) is 6.19. The number of nitrogens with zero attached hydrogens (tertiary/aromatic N) is 5. The lowest BCUT2D eigenvalue weighted by molar-refractivity contribution is 0.0322. The van der Waals surface area contributed by atoms with Crippen molar-refractivity contribution in [2.45, 2.75) is 46.1 Å². The van der Waals surface area contributed by atoms with Gasteiger partial charge in [0, 0.05) is 37.4 Å². The van der Waals surface area contributed by atoms with Gasteiger partial charge in [0.2, 0.25) is 0 Å². The molecule has 10 heteroatoms. The Hall–Kier alpha value is -3.24. The van der Waals surface area contributed by atoms with Crippen LogP contribution in [0, 0.1) is 5.92 Å². The van der Waals surface area contributed by atoms with Crippen LogP contribution in [0.4, 0.5) is 10.7 Å². The smallest absolute Gasteiger partial charge is 0.321 e. The predicted molar refractivity (Wildman–Crippen MR) is 139 cm³/mol. The summed E-state index contributed by atoms with van der Waals surface area (Å²) in [7, 11) is 0. The van der Waals surface area contributed by atoms with Gasteiger partial charge in [-0.2, -0.15) is 9.50 Å². The summed E-state index contributed by atoms with van der Waals surface area (Å²) in [5.74, 6) is 2.11. The minimum atomic E-state index is -0.317. The Morgan fingerprint density at radius 3 is 2.64 bits per heavy atom. The van der Waals surface area contributed by atoms with Crippen molar-refractivity contribution in [3.8, 4) is 17.0 Å². The molecule has 0 saturated carbocycles. The standard InChI is InChI=1S/C26H37N7O3/c1-19(2)5-4-6-20(3)28-26(34)30-24-29-25-27-12-11-23(33(25)31-24)21-7-9-22(10-8-21)36-18-15-32-13-16-35-17-14-32/h7-12,19-20H,4-6,13-18H2,1-3H3,(H2,28,30,31,34). The first kappa shape index (κ1) is 25.8. The van der Waals surface area contributed by atoms with E-state index in [1.807, 2.05) is 37.3 Å². The molecular formula is C26H37N7O3. The summed E-state index contributed by atoms with van der Waals surface area (Å²) in [6, 6.07) is 9.50. The third-order valence-corrected chi connectivity index (χ3v) is 6.19. The molecule has 1 saturated heterocycles. The molecule has 1 aliphatic rings. The molecule has 3 aromatic rings. The van der Waals surface area contributed by atoms with E-state index in [0.29, 0.717) is 18.3 Å². The molecule has 4 rings (SSSR count). The first-order valence-corrected chi connectivity index (χ1v) is 12.8. The van der Waals surface area contributed by atoms with Gasteiger partial charge in [0.1, 0.15) is 12.4 Å². The number of nitrogens with one attached hydrogen (secondary N) is 2. The van der Waals surface area contributed by atoms with Gasteiger partial charge in [-0.15, -0.1) is 5.10 Å². The van der Waals surface area contributed by atoms with Crippen LogP contribution in [0.1, 0.15) is 40.0 Å². The summed E-state index contributed by atoms with van der Waals surface area (Å²) in [6.45, 7) is 11.4. The van der Waals surface area contributed by atoms with Gasteiger partial charge in [0.05, 0.1) is 18.9 Å². The molecule has 1 fully saturated rings. The summed E-state index contributed by atoms with van der Waals surface area (Å²) in [5, 5.41) is 10.2. The molecule has 0 radical (unpaired) electrons. The average Bonchev–Trinajstić information content (AvgIpc) is 3.27. The average molecular weight is 496 g/mol. The van der Waals surface area contributed by atoms with Crippen molar-refractivity contribution in [2.24, 2.45) is 5.92 Å². The lowest BCUT2D eigenvalue weighted by atomic mass is 10.0. The number of fused-ring (bicyclic) bond motifs is 1. The third kappa shape index (κ3) is 7.38. The van der Waals surface area contributed by atoms with E-state index in [0.717, 1.165) is 69.1 Å². The van der Waals surface area contributed by atoms with Gasteiger partial charge in [0.25, 0.3) is 11.7 Å². The summed E-state index contributed by atoms with van der Waals surface area (Å²) in [5.41, 5.74) is 1.77. The molecule has 194 valence electrons. The SMILES string of the molecule is CC(C)CCCC(C)NC(=O)Nc1nc2nccc(-c3ccc(OCCN4CCOCC4)cc3)n2n1. The minimum absolute atomic E-state index is 0.0732. The quantitative estimate of drug-likeness (QED) is 0.416. The predicted octanol–water partition coefficient (Wildman–Crippen LogP) is 3.84. The highest BCUT2D eigenvalue weighted by Crippen LogP contribution is 2.23. The molecule has 0 spiro atoms. The number of hydrogen-bond acceptors (Lipinski definition) is 7. The zero-order chi connectivity index (χ0) is 25.3. The van der Waals surface area contributed by atoms with Crippen molar-refractivity contribution >= 4 is 17.8 Å². The van der Waals surface area contributed by atoms with Crippen LogP contribution in [0.3, 0.4) is 0 Å². The van der Waals surface area contributed by atoms with E-state index in [1.54, 1.807) is 10.7 Å². The van der Waals surface area contributed by atoms with E-state index in [1.165, 1.54) is 0 Å². The summed E-state index contributed by atoms with van der Waals surface area (Å²) < 4.78 is 12.9. The van der Waals surface area contributed by atoms with Crippen LogP contribution in [0.15, 0.2) is 36.5 Å². The van der Waals surface area contributed by atoms with E-state index in [-0.39, 0.29) is 18.0 Å². The molecule has 2 N–H and O–H groups in total. The zero-order valence-corrected chi connectivity index (χ0v) is 21.4. The molecule has 2 amide bonds. The van der Waals surface area contributed by atoms with Crippen molar-refractivity contribution in [2.75, 3.05) is 44.8 Å². The number of aromatic nitrogens is 4. The highest BCUT2D eigenvalue weighted by atomic mass is 16.5. The van der Waals surface area contributed by atoms with Crippen molar-refractivity contribution in [3.05, 3.63) is 36.5 Å². The maximum atomic E-state index is 12.4. The van der Waals surface area contributed by atoms with Gasteiger partial charge in [-0.1, -0.05) is 26.7 Å². The Balaban J connectivity index is 1.34. The van der Waals surface area contributed by atoms with E-state index in [2.05, 4.69) is 44.4 Å². The van der Waals surface area contributed by atoms with Crippen LogP contribution in [0.5, 0.6) is 5.75 Å². The lowest BCUT2D eigenvalue weighted by Gasteiger charge is -2.26. The molecule has 36 heavy (non-hydrogen) atoms. The van der Waals surface area contributed by atoms with Crippen molar-refractivity contribution < 1.29 is 14.3 Å². The number of rotatable bonds is 11. The lowest BCUT2D eigenvalue weighted by Crippen LogP contribution is -2.38. The number of benzene rings is 1. The zero-order valence-electron chi connectivity index (χ0n) is 21.4. The fourth-order valence-corrected chi connectivity index (χ4v) is 4.17. The Labute approximate surface area is 212 Å². The highest BCUT2D eigenvalue weighted by molar-refractivity contribution is 5.87. The number of urea groups is 1. The van der Waals surface area contributed by atoms with Gasteiger partial charge in [0.15, 0.2) is 0 Å². The number of morpholine rings is 1. The molecule has 1 aromatic carbocycles. The second-order valence-electron chi connectivity index (χ2n) is 9.63. The normalized spacial score (nSPS) is 15.2. The first-order chi connectivity index (χ1) is 17.5. The van der Waals surface area contributed by atoms with Crippen molar-refractivity contribution in [3.63, 3.8) is 0 Å². The highest BCUT2D eigenvalue weighted by Gasteiger charge is 2.14. The van der Waals surface area contributed by atoms with E-state index >= 15 is 0 Å². The topological polar surface area (TPSA) is 106 Å². The number of carbonyl (C=O) groups excluding carboxylic acids is 1. The number of hydrogen-bond donors (Lipinski definition) is 2. The molecule has 1 aliphatic heterocycles. The van der Waals surface area contributed by atoms with Crippen LogP contribution >= 0.6 is 0 Å². The van der Waals surface area contributed by atoms with Gasteiger partial charge in [-0.3, -0.25) is 10.2 Å². The molecular weight excluding hydrogens is 458 g/mol. The van der Waals surface area contributed by atoms with Gasteiger partial charge in [-0.25, -0.2) is 9.78 Å². The Kier molecular flexibility index (Phi) is 9.07. The second-order valence-corrected chi connectivity index (χ2v) is 9.63. The maximum Gasteiger partial charge on any atom is 0.321 e. The fourth-order valence-electron chi connectivity index (χ4n) is 4.17.